The lowest BCUT2D eigenvalue weighted by Gasteiger charge is -2.35. The standard InChI is InChI=1S/C31H38ClNO3/c32-20-12-1-2-13-22-35-24-25-36-23-21-33-30(34)26-31(27-14-6-3-7-15-27,28-16-8-4-9-17-28)29-18-10-5-11-19-29/h3-11,14-19H,1-2,12-13,20-26H2,(H,33,34). The highest BCUT2D eigenvalue weighted by Crippen LogP contribution is 2.42. The van der Waals surface area contributed by atoms with Gasteiger partial charge in [-0.25, -0.2) is 0 Å². The Bertz CT molecular complexity index is 886. The van der Waals surface area contributed by atoms with Gasteiger partial charge in [-0.1, -0.05) is 104 Å². The summed E-state index contributed by atoms with van der Waals surface area (Å²) in [6.45, 7) is 2.77. The Morgan fingerprint density at radius 1 is 0.639 bits per heavy atom. The van der Waals surface area contributed by atoms with E-state index in [9.17, 15) is 4.79 Å². The van der Waals surface area contributed by atoms with E-state index >= 15 is 0 Å². The van der Waals surface area contributed by atoms with E-state index in [0.29, 0.717) is 32.8 Å². The summed E-state index contributed by atoms with van der Waals surface area (Å²) < 4.78 is 11.3. The number of benzene rings is 3. The van der Waals surface area contributed by atoms with E-state index < -0.39 is 5.41 Å². The molecule has 0 radical (unpaired) electrons. The number of nitrogens with one attached hydrogen (secondary N) is 1. The minimum atomic E-state index is -0.591. The molecule has 4 nitrogen and oxygen atoms in total. The third kappa shape index (κ3) is 8.48. The van der Waals surface area contributed by atoms with Gasteiger partial charge in [0, 0.05) is 25.5 Å². The van der Waals surface area contributed by atoms with E-state index in [1.54, 1.807) is 0 Å². The van der Waals surface area contributed by atoms with Gasteiger partial charge in [0.05, 0.1) is 25.2 Å². The molecule has 0 atom stereocenters. The van der Waals surface area contributed by atoms with E-state index in [-0.39, 0.29) is 5.91 Å². The van der Waals surface area contributed by atoms with Gasteiger partial charge in [-0.15, -0.1) is 11.6 Å². The van der Waals surface area contributed by atoms with Crippen molar-refractivity contribution in [3.8, 4) is 0 Å². The number of hydrogen-bond donors (Lipinski definition) is 1. The van der Waals surface area contributed by atoms with Crippen LogP contribution >= 0.6 is 11.6 Å². The van der Waals surface area contributed by atoms with Crippen molar-refractivity contribution in [3.05, 3.63) is 108 Å². The molecular weight excluding hydrogens is 470 g/mol. The monoisotopic (exact) mass is 507 g/mol. The van der Waals surface area contributed by atoms with Crippen LogP contribution in [0.15, 0.2) is 91.0 Å². The molecule has 0 spiro atoms. The highest BCUT2D eigenvalue weighted by molar-refractivity contribution is 6.17. The minimum Gasteiger partial charge on any atom is -0.379 e. The molecule has 0 bridgehead atoms. The molecular formula is C31H38ClNO3. The van der Waals surface area contributed by atoms with Crippen LogP contribution in [0.3, 0.4) is 0 Å². The Labute approximate surface area is 221 Å². The van der Waals surface area contributed by atoms with Crippen molar-refractivity contribution in [1.82, 2.24) is 5.32 Å². The van der Waals surface area contributed by atoms with Gasteiger partial charge in [0.1, 0.15) is 0 Å². The second kappa shape index (κ2) is 16.2. The first kappa shape index (κ1) is 27.9. The van der Waals surface area contributed by atoms with Crippen molar-refractivity contribution in [2.75, 3.05) is 38.9 Å². The zero-order valence-electron chi connectivity index (χ0n) is 21.0. The third-order valence-corrected chi connectivity index (χ3v) is 6.61. The molecule has 0 saturated carbocycles. The summed E-state index contributed by atoms with van der Waals surface area (Å²) in [5, 5.41) is 3.06. The maximum absolute atomic E-state index is 13.3. The number of hydrogen-bond acceptors (Lipinski definition) is 3. The lowest BCUT2D eigenvalue weighted by molar-refractivity contribution is -0.122. The molecule has 0 aliphatic rings. The average molecular weight is 508 g/mol. The molecule has 0 aliphatic heterocycles. The fourth-order valence-electron chi connectivity index (χ4n) is 4.51. The van der Waals surface area contributed by atoms with Crippen molar-refractivity contribution < 1.29 is 14.3 Å². The highest BCUT2D eigenvalue weighted by atomic mass is 35.5. The second-order valence-corrected chi connectivity index (χ2v) is 9.24. The molecule has 36 heavy (non-hydrogen) atoms. The van der Waals surface area contributed by atoms with Crippen LogP contribution in [0, 0.1) is 0 Å². The number of unbranched alkanes of at least 4 members (excludes halogenated alkanes) is 3. The third-order valence-electron chi connectivity index (χ3n) is 6.34. The summed E-state index contributed by atoms with van der Waals surface area (Å²) in [5.74, 6) is 0.722. The Balaban J connectivity index is 1.55. The normalized spacial score (nSPS) is 11.4. The molecule has 0 unspecified atom stereocenters. The Morgan fingerprint density at radius 2 is 1.11 bits per heavy atom. The topological polar surface area (TPSA) is 47.6 Å². The number of halogens is 1. The maximum atomic E-state index is 13.3. The van der Waals surface area contributed by atoms with Gasteiger partial charge in [-0.3, -0.25) is 4.79 Å². The molecule has 0 saturated heterocycles. The van der Waals surface area contributed by atoms with Gasteiger partial charge in [0.25, 0.3) is 0 Å². The zero-order valence-corrected chi connectivity index (χ0v) is 21.8. The molecule has 0 aliphatic carbocycles. The molecule has 1 amide bonds. The van der Waals surface area contributed by atoms with Gasteiger partial charge >= 0.3 is 0 Å². The Morgan fingerprint density at radius 3 is 1.61 bits per heavy atom. The van der Waals surface area contributed by atoms with E-state index in [0.717, 1.165) is 54.9 Å². The average Bonchev–Trinajstić information content (AvgIpc) is 2.94. The predicted molar refractivity (Wildman–Crippen MR) is 148 cm³/mol. The van der Waals surface area contributed by atoms with Crippen LogP contribution in [0.5, 0.6) is 0 Å². The second-order valence-electron chi connectivity index (χ2n) is 8.86. The summed E-state index contributed by atoms with van der Waals surface area (Å²) in [7, 11) is 0. The van der Waals surface area contributed by atoms with Crippen molar-refractivity contribution >= 4 is 17.5 Å². The van der Waals surface area contributed by atoms with Crippen LogP contribution in [-0.2, 0) is 19.7 Å². The number of alkyl halides is 1. The van der Waals surface area contributed by atoms with E-state index in [1.165, 1.54) is 0 Å². The van der Waals surface area contributed by atoms with E-state index in [2.05, 4.69) is 41.7 Å². The molecule has 5 heteroatoms. The first-order valence-corrected chi connectivity index (χ1v) is 13.5. The number of amides is 1. The SMILES string of the molecule is O=C(CC(c1ccccc1)(c1ccccc1)c1ccccc1)NCCOCCOCCCCCCCl. The van der Waals surface area contributed by atoms with Crippen LogP contribution in [0.2, 0.25) is 0 Å². The van der Waals surface area contributed by atoms with Crippen molar-refractivity contribution in [2.24, 2.45) is 0 Å². The summed E-state index contributed by atoms with van der Waals surface area (Å²) in [6, 6.07) is 30.8. The van der Waals surface area contributed by atoms with Crippen LogP contribution < -0.4 is 5.32 Å². The Kier molecular flexibility index (Phi) is 12.5. The van der Waals surface area contributed by atoms with Crippen LogP contribution in [0.25, 0.3) is 0 Å². The van der Waals surface area contributed by atoms with Crippen LogP contribution in [0.4, 0.5) is 0 Å². The molecule has 0 fully saturated rings. The first-order valence-electron chi connectivity index (χ1n) is 12.9. The molecule has 1 N–H and O–H groups in total. The van der Waals surface area contributed by atoms with Gasteiger partial charge in [-0.05, 0) is 29.5 Å². The number of ether oxygens (including phenoxy) is 2. The van der Waals surface area contributed by atoms with Crippen molar-refractivity contribution in [1.29, 1.82) is 0 Å². The quantitative estimate of drug-likeness (QED) is 0.131. The number of carbonyl (C=O) groups excluding carboxylic acids is 1. The molecule has 3 aromatic carbocycles. The molecule has 0 aromatic heterocycles. The summed E-state index contributed by atoms with van der Waals surface area (Å²) in [4.78, 5) is 13.3. The predicted octanol–water partition coefficient (Wildman–Crippen LogP) is 6.36. The van der Waals surface area contributed by atoms with Gasteiger partial charge < -0.3 is 14.8 Å². The molecule has 3 aromatic rings. The first-order chi connectivity index (χ1) is 17.8. The lowest BCUT2D eigenvalue weighted by Crippen LogP contribution is -2.38. The molecule has 192 valence electrons. The smallest absolute Gasteiger partial charge is 0.221 e. The minimum absolute atomic E-state index is 0.0108. The summed E-state index contributed by atoms with van der Waals surface area (Å²) >= 11 is 5.69. The van der Waals surface area contributed by atoms with Gasteiger partial charge in [0.2, 0.25) is 5.91 Å². The fourth-order valence-corrected chi connectivity index (χ4v) is 4.70. The zero-order chi connectivity index (χ0) is 25.3. The van der Waals surface area contributed by atoms with E-state index in [4.69, 9.17) is 21.1 Å². The van der Waals surface area contributed by atoms with Crippen LogP contribution in [-0.4, -0.2) is 44.8 Å². The molecule has 3 rings (SSSR count). The summed E-state index contributed by atoms with van der Waals surface area (Å²) in [5.41, 5.74) is 2.68. The maximum Gasteiger partial charge on any atom is 0.221 e. The largest absolute Gasteiger partial charge is 0.379 e. The van der Waals surface area contributed by atoms with Crippen molar-refractivity contribution in [3.63, 3.8) is 0 Å². The van der Waals surface area contributed by atoms with Gasteiger partial charge in [-0.2, -0.15) is 0 Å². The number of rotatable bonds is 17. The van der Waals surface area contributed by atoms with E-state index in [1.807, 2.05) is 54.6 Å². The molecule has 0 heterocycles. The summed E-state index contributed by atoms with van der Waals surface area (Å²) in [6.07, 6.45) is 4.73. The Hall–Kier alpha value is -2.66. The highest BCUT2D eigenvalue weighted by Gasteiger charge is 2.38. The fraction of sp³-hybridized carbons (Fsp3) is 0.387. The van der Waals surface area contributed by atoms with Gasteiger partial charge in [0.15, 0.2) is 0 Å². The van der Waals surface area contributed by atoms with Crippen molar-refractivity contribution in [2.45, 2.75) is 37.5 Å². The number of carbonyl (C=O) groups is 1. The lowest BCUT2D eigenvalue weighted by atomic mass is 9.67. The van der Waals surface area contributed by atoms with Crippen LogP contribution in [0.1, 0.15) is 48.8 Å².